The fourth-order valence-electron chi connectivity index (χ4n) is 3.96. The predicted molar refractivity (Wildman–Crippen MR) is 100 cm³/mol. The summed E-state index contributed by atoms with van der Waals surface area (Å²) in [5.74, 6) is 0.667. The molecule has 0 N–H and O–H groups in total. The Morgan fingerprint density at radius 3 is 2.56 bits per heavy atom. The minimum Gasteiger partial charge on any atom is -0.338 e. The lowest BCUT2D eigenvalue weighted by Gasteiger charge is -2.31. The number of carbonyl (C=O) groups excluding carboxylic acids is 1. The largest absolute Gasteiger partial charge is 0.338 e. The molecular weight excluding hydrogens is 308 g/mol. The van der Waals surface area contributed by atoms with Gasteiger partial charge in [0, 0.05) is 30.4 Å². The molecule has 0 radical (unpaired) electrons. The Morgan fingerprint density at radius 2 is 1.80 bits per heavy atom. The smallest absolute Gasteiger partial charge is 0.210 e. The third-order valence-corrected chi connectivity index (χ3v) is 5.58. The highest BCUT2D eigenvalue weighted by molar-refractivity contribution is 5.64. The quantitative estimate of drug-likeness (QED) is 0.703. The van der Waals surface area contributed by atoms with E-state index in [4.69, 9.17) is 0 Å². The number of amides is 1. The van der Waals surface area contributed by atoms with Crippen LogP contribution in [0.1, 0.15) is 62.1 Å². The molecule has 0 saturated heterocycles. The third kappa shape index (κ3) is 3.92. The molecule has 3 nitrogen and oxygen atoms in total. The van der Waals surface area contributed by atoms with Crippen molar-refractivity contribution in [2.75, 3.05) is 0 Å². The van der Waals surface area contributed by atoms with Crippen LogP contribution in [0, 0.1) is 0 Å². The Morgan fingerprint density at radius 1 is 1.00 bits per heavy atom. The van der Waals surface area contributed by atoms with Crippen LogP contribution in [0.4, 0.5) is 0 Å². The average Bonchev–Trinajstić information content (AvgIpc) is 3.52. The summed E-state index contributed by atoms with van der Waals surface area (Å²) in [5, 5.41) is 0. The van der Waals surface area contributed by atoms with E-state index in [-0.39, 0.29) is 0 Å². The molecule has 1 amide bonds. The Labute approximate surface area is 150 Å². The maximum absolute atomic E-state index is 11.6. The Hall–Kier alpha value is -2.16. The molecule has 1 aromatic carbocycles. The van der Waals surface area contributed by atoms with E-state index in [1.807, 2.05) is 11.1 Å². The van der Waals surface area contributed by atoms with Gasteiger partial charge in [0.2, 0.25) is 6.41 Å². The zero-order chi connectivity index (χ0) is 17.1. The van der Waals surface area contributed by atoms with Crippen molar-refractivity contribution < 1.29 is 4.79 Å². The molecule has 0 bridgehead atoms. The van der Waals surface area contributed by atoms with E-state index in [0.717, 1.165) is 19.3 Å². The molecule has 2 saturated carbocycles. The average molecular weight is 334 g/mol. The summed E-state index contributed by atoms with van der Waals surface area (Å²) >= 11 is 0. The van der Waals surface area contributed by atoms with Gasteiger partial charge in [0.1, 0.15) is 0 Å². The number of hydrogen-bond donors (Lipinski definition) is 0. The molecule has 130 valence electrons. The van der Waals surface area contributed by atoms with E-state index in [9.17, 15) is 4.79 Å². The van der Waals surface area contributed by atoms with Crippen molar-refractivity contribution in [2.45, 2.75) is 63.5 Å². The summed E-state index contributed by atoms with van der Waals surface area (Å²) in [6.07, 6.45) is 11.6. The van der Waals surface area contributed by atoms with Crippen molar-refractivity contribution in [3.05, 3.63) is 53.9 Å². The van der Waals surface area contributed by atoms with Crippen molar-refractivity contribution in [1.29, 1.82) is 0 Å². The van der Waals surface area contributed by atoms with Crippen LogP contribution in [0.2, 0.25) is 0 Å². The maximum Gasteiger partial charge on any atom is 0.210 e. The SMILES string of the molecule is O=CN(Cc1cccc(-c2ccnc(C3CC3)c2)c1)C1CCCCC1. The molecule has 1 aromatic heterocycles. The van der Waals surface area contributed by atoms with Gasteiger partial charge < -0.3 is 4.90 Å². The summed E-state index contributed by atoms with van der Waals surface area (Å²) in [4.78, 5) is 18.1. The first-order chi connectivity index (χ1) is 12.3. The first kappa shape index (κ1) is 16.3. The van der Waals surface area contributed by atoms with Gasteiger partial charge in [0.25, 0.3) is 0 Å². The monoisotopic (exact) mass is 334 g/mol. The normalized spacial score (nSPS) is 18.1. The van der Waals surface area contributed by atoms with Crippen LogP contribution in [0.15, 0.2) is 42.6 Å². The van der Waals surface area contributed by atoms with Crippen molar-refractivity contribution in [3.8, 4) is 11.1 Å². The van der Waals surface area contributed by atoms with Crippen molar-refractivity contribution in [2.24, 2.45) is 0 Å². The highest BCUT2D eigenvalue weighted by Gasteiger charge is 2.25. The van der Waals surface area contributed by atoms with Crippen LogP contribution in [-0.2, 0) is 11.3 Å². The number of carbonyl (C=O) groups is 1. The first-order valence-electron chi connectivity index (χ1n) is 9.60. The summed E-state index contributed by atoms with van der Waals surface area (Å²) in [6, 6.07) is 13.3. The van der Waals surface area contributed by atoms with Crippen LogP contribution in [0.5, 0.6) is 0 Å². The Balaban J connectivity index is 1.52. The molecule has 2 aliphatic rings. The van der Waals surface area contributed by atoms with Crippen molar-refractivity contribution in [1.82, 2.24) is 9.88 Å². The summed E-state index contributed by atoms with van der Waals surface area (Å²) in [5.41, 5.74) is 4.88. The van der Waals surface area contributed by atoms with Gasteiger partial charge in [-0.05, 0) is 60.6 Å². The van der Waals surface area contributed by atoms with Crippen LogP contribution in [-0.4, -0.2) is 22.3 Å². The fourth-order valence-corrected chi connectivity index (χ4v) is 3.96. The molecule has 1 heterocycles. The van der Waals surface area contributed by atoms with E-state index in [1.165, 1.54) is 54.5 Å². The molecule has 2 aliphatic carbocycles. The summed E-state index contributed by atoms with van der Waals surface area (Å²) < 4.78 is 0. The number of hydrogen-bond acceptors (Lipinski definition) is 2. The molecule has 25 heavy (non-hydrogen) atoms. The molecule has 0 spiro atoms. The van der Waals surface area contributed by atoms with Crippen LogP contribution < -0.4 is 0 Å². The zero-order valence-corrected chi connectivity index (χ0v) is 14.7. The van der Waals surface area contributed by atoms with E-state index in [1.54, 1.807) is 0 Å². The second kappa shape index (κ2) is 7.38. The predicted octanol–water partition coefficient (Wildman–Crippen LogP) is 4.92. The third-order valence-electron chi connectivity index (χ3n) is 5.58. The van der Waals surface area contributed by atoms with Gasteiger partial charge in [0.15, 0.2) is 0 Å². The Kier molecular flexibility index (Phi) is 4.82. The molecule has 3 heteroatoms. The van der Waals surface area contributed by atoms with E-state index < -0.39 is 0 Å². The molecule has 0 atom stereocenters. The van der Waals surface area contributed by atoms with Gasteiger partial charge in [-0.1, -0.05) is 37.5 Å². The van der Waals surface area contributed by atoms with Gasteiger partial charge in [-0.15, -0.1) is 0 Å². The minimum atomic E-state index is 0.414. The van der Waals surface area contributed by atoms with Crippen molar-refractivity contribution >= 4 is 6.41 Å². The zero-order valence-electron chi connectivity index (χ0n) is 14.7. The van der Waals surface area contributed by atoms with Gasteiger partial charge >= 0.3 is 0 Å². The molecule has 0 aliphatic heterocycles. The number of pyridine rings is 1. The second-order valence-electron chi connectivity index (χ2n) is 7.51. The van der Waals surface area contributed by atoms with E-state index in [0.29, 0.717) is 18.5 Å². The van der Waals surface area contributed by atoms with Gasteiger partial charge in [0.05, 0.1) is 0 Å². The van der Waals surface area contributed by atoms with Gasteiger partial charge in [-0.3, -0.25) is 9.78 Å². The van der Waals surface area contributed by atoms with E-state index in [2.05, 4.69) is 41.4 Å². The highest BCUT2D eigenvalue weighted by Crippen LogP contribution is 2.40. The topological polar surface area (TPSA) is 33.2 Å². The van der Waals surface area contributed by atoms with Gasteiger partial charge in [-0.2, -0.15) is 0 Å². The molecule has 2 fully saturated rings. The Bertz CT molecular complexity index is 732. The molecule has 2 aromatic rings. The van der Waals surface area contributed by atoms with Crippen LogP contribution in [0.25, 0.3) is 11.1 Å². The molecular formula is C22H26N2O. The standard InChI is InChI=1S/C22H26N2O/c25-16-24(21-7-2-1-3-8-21)15-17-5-4-6-19(13-17)20-11-12-23-22(14-20)18-9-10-18/h4-6,11-14,16,18,21H,1-3,7-10,15H2. The number of nitrogens with zero attached hydrogens (tertiary/aromatic N) is 2. The highest BCUT2D eigenvalue weighted by atomic mass is 16.1. The van der Waals surface area contributed by atoms with Crippen LogP contribution >= 0.6 is 0 Å². The summed E-state index contributed by atoms with van der Waals surface area (Å²) in [6.45, 7) is 0.711. The lowest BCUT2D eigenvalue weighted by atomic mass is 9.94. The maximum atomic E-state index is 11.6. The van der Waals surface area contributed by atoms with E-state index >= 15 is 0 Å². The second-order valence-corrected chi connectivity index (χ2v) is 7.51. The lowest BCUT2D eigenvalue weighted by molar-refractivity contribution is -0.121. The van der Waals surface area contributed by atoms with Crippen LogP contribution in [0.3, 0.4) is 0 Å². The first-order valence-corrected chi connectivity index (χ1v) is 9.60. The minimum absolute atomic E-state index is 0.414. The number of rotatable bonds is 6. The van der Waals surface area contributed by atoms with Gasteiger partial charge in [-0.25, -0.2) is 0 Å². The fraction of sp³-hybridized carbons (Fsp3) is 0.455. The number of aromatic nitrogens is 1. The van der Waals surface area contributed by atoms with Crippen molar-refractivity contribution in [3.63, 3.8) is 0 Å². The lowest BCUT2D eigenvalue weighted by Crippen LogP contribution is -2.35. The molecule has 0 unspecified atom stereocenters. The molecule has 4 rings (SSSR count). The summed E-state index contributed by atoms with van der Waals surface area (Å²) in [7, 11) is 0. The number of benzene rings is 1.